The van der Waals surface area contributed by atoms with Gasteiger partial charge in [0.1, 0.15) is 18.3 Å². The van der Waals surface area contributed by atoms with Crippen LogP contribution in [0, 0.1) is 5.92 Å². The summed E-state index contributed by atoms with van der Waals surface area (Å²) in [4.78, 5) is 13.1. The molecule has 1 saturated carbocycles. The zero-order chi connectivity index (χ0) is 43.9. The quantitative estimate of drug-likeness (QED) is 0.0298. The molecular formula is C51H101NO8. The van der Waals surface area contributed by atoms with E-state index in [9.17, 15) is 35.4 Å². The third-order valence-electron chi connectivity index (χ3n) is 13.3. The Morgan fingerprint density at radius 2 is 0.867 bits per heavy atom. The number of carbonyl (C=O) groups is 1. The zero-order valence-electron chi connectivity index (χ0n) is 39.4. The molecular weight excluding hydrogens is 755 g/mol. The van der Waals surface area contributed by atoms with E-state index in [1.165, 1.54) is 186 Å². The van der Waals surface area contributed by atoms with E-state index in [4.69, 9.17) is 4.74 Å². The van der Waals surface area contributed by atoms with Gasteiger partial charge in [-0.3, -0.25) is 4.79 Å². The number of rotatable bonds is 44. The molecule has 0 spiro atoms. The van der Waals surface area contributed by atoms with Crippen molar-refractivity contribution in [2.24, 2.45) is 5.92 Å². The number of hydrogen-bond donors (Lipinski definition) is 7. The van der Waals surface area contributed by atoms with E-state index in [-0.39, 0.29) is 25.5 Å². The van der Waals surface area contributed by atoms with Crippen molar-refractivity contribution in [1.82, 2.24) is 5.32 Å². The molecule has 2 unspecified atom stereocenters. The lowest BCUT2D eigenvalue weighted by Gasteiger charge is -2.40. The summed E-state index contributed by atoms with van der Waals surface area (Å²) < 4.78 is 5.93. The summed E-state index contributed by atoms with van der Waals surface area (Å²) in [6, 6.07) is -0.905. The Bertz CT molecular complexity index is 924. The van der Waals surface area contributed by atoms with Crippen molar-refractivity contribution in [2.75, 3.05) is 13.2 Å². The van der Waals surface area contributed by atoms with Crippen molar-refractivity contribution in [3.63, 3.8) is 0 Å². The van der Waals surface area contributed by atoms with E-state index in [0.29, 0.717) is 12.8 Å². The summed E-state index contributed by atoms with van der Waals surface area (Å²) in [6.45, 7) is 3.98. The molecule has 9 nitrogen and oxygen atoms in total. The summed E-state index contributed by atoms with van der Waals surface area (Å²) in [5.74, 6) is -0.877. The largest absolute Gasteiger partial charge is 0.396 e. The first-order valence-electron chi connectivity index (χ1n) is 26.2. The van der Waals surface area contributed by atoms with Crippen LogP contribution in [0.1, 0.15) is 258 Å². The molecule has 0 aromatic rings. The molecule has 0 aromatic heterocycles. The highest BCUT2D eigenvalue weighted by atomic mass is 16.5. The molecule has 1 aliphatic carbocycles. The molecule has 358 valence electrons. The normalized spacial score (nSPS) is 21.0. The monoisotopic (exact) mass is 856 g/mol. The van der Waals surface area contributed by atoms with Crippen LogP contribution in [0.2, 0.25) is 0 Å². The van der Waals surface area contributed by atoms with Gasteiger partial charge in [0.15, 0.2) is 0 Å². The first-order valence-corrected chi connectivity index (χ1v) is 26.2. The summed E-state index contributed by atoms with van der Waals surface area (Å²) in [5, 5.41) is 65.8. The third kappa shape index (κ3) is 30.3. The summed E-state index contributed by atoms with van der Waals surface area (Å²) in [6.07, 6.45) is 38.3. The maximum Gasteiger partial charge on any atom is 0.220 e. The summed E-state index contributed by atoms with van der Waals surface area (Å²) in [5.41, 5.74) is 0. The average Bonchev–Trinajstić information content (AvgIpc) is 3.25. The molecule has 0 aliphatic heterocycles. The molecule has 1 fully saturated rings. The molecule has 0 heterocycles. The van der Waals surface area contributed by atoms with Gasteiger partial charge in [-0.25, -0.2) is 0 Å². The first kappa shape index (κ1) is 57.2. The van der Waals surface area contributed by atoms with Crippen LogP contribution in [0.3, 0.4) is 0 Å². The molecule has 1 aliphatic rings. The second kappa shape index (κ2) is 40.9. The van der Waals surface area contributed by atoms with E-state index < -0.39 is 48.6 Å². The second-order valence-corrected chi connectivity index (χ2v) is 19.0. The van der Waals surface area contributed by atoms with E-state index in [1.54, 1.807) is 0 Å². The predicted octanol–water partition coefficient (Wildman–Crippen LogP) is 11.1. The first-order chi connectivity index (χ1) is 29.3. The van der Waals surface area contributed by atoms with Gasteiger partial charge in [0.05, 0.1) is 31.0 Å². The fourth-order valence-corrected chi connectivity index (χ4v) is 9.06. The number of unbranched alkanes of at least 4 members (excludes halogenated alkanes) is 33. The minimum absolute atomic E-state index is 0.119. The maximum absolute atomic E-state index is 13.1. The third-order valence-corrected chi connectivity index (χ3v) is 13.3. The Hall–Kier alpha value is -0.810. The van der Waals surface area contributed by atoms with E-state index in [0.717, 1.165) is 38.5 Å². The van der Waals surface area contributed by atoms with E-state index in [2.05, 4.69) is 19.2 Å². The lowest BCUT2D eigenvalue weighted by atomic mass is 9.81. The number of nitrogens with one attached hydrogen (secondary N) is 1. The molecule has 0 saturated heterocycles. The van der Waals surface area contributed by atoms with Crippen LogP contribution < -0.4 is 5.32 Å². The van der Waals surface area contributed by atoms with Gasteiger partial charge in [0.2, 0.25) is 5.91 Å². The second-order valence-electron chi connectivity index (χ2n) is 19.0. The van der Waals surface area contributed by atoms with E-state index >= 15 is 0 Å². The molecule has 1 rings (SSSR count). The molecule has 0 radical (unpaired) electrons. The SMILES string of the molecule is CCCCCCCCCCCCCCCCCCCCCCCCCC(=O)N[C@@H](CO[C@@H]1CC(CO)[C@H](O)C(O)[C@H]1O)[C@H](O)[C@H](O)CCCCCCCCCCCCCC. The average molecular weight is 856 g/mol. The van der Waals surface area contributed by atoms with Crippen LogP contribution in [0.15, 0.2) is 0 Å². The molecule has 1 amide bonds. The fourth-order valence-electron chi connectivity index (χ4n) is 9.06. The summed E-state index contributed by atoms with van der Waals surface area (Å²) in [7, 11) is 0. The molecule has 0 bridgehead atoms. The van der Waals surface area contributed by atoms with Gasteiger partial charge >= 0.3 is 0 Å². The van der Waals surface area contributed by atoms with Crippen molar-refractivity contribution in [3.8, 4) is 0 Å². The van der Waals surface area contributed by atoms with Gasteiger partial charge in [-0.1, -0.05) is 232 Å². The van der Waals surface area contributed by atoms with Crippen molar-refractivity contribution in [3.05, 3.63) is 0 Å². The predicted molar refractivity (Wildman–Crippen MR) is 249 cm³/mol. The van der Waals surface area contributed by atoms with Crippen LogP contribution in [-0.4, -0.2) is 92.4 Å². The molecule has 60 heavy (non-hydrogen) atoms. The number of aliphatic hydroxyl groups is 6. The Morgan fingerprint density at radius 3 is 1.23 bits per heavy atom. The van der Waals surface area contributed by atoms with Crippen LogP contribution in [0.4, 0.5) is 0 Å². The number of aliphatic hydroxyl groups excluding tert-OH is 6. The van der Waals surface area contributed by atoms with E-state index in [1.807, 2.05) is 0 Å². The van der Waals surface area contributed by atoms with Crippen LogP contribution >= 0.6 is 0 Å². The minimum atomic E-state index is -1.48. The van der Waals surface area contributed by atoms with Gasteiger partial charge in [-0.2, -0.15) is 0 Å². The fraction of sp³-hybridized carbons (Fsp3) is 0.980. The Morgan fingerprint density at radius 1 is 0.517 bits per heavy atom. The van der Waals surface area contributed by atoms with Gasteiger partial charge in [-0.15, -0.1) is 0 Å². The highest BCUT2D eigenvalue weighted by Gasteiger charge is 2.43. The van der Waals surface area contributed by atoms with Crippen molar-refractivity contribution >= 4 is 5.91 Å². The Balaban J connectivity index is 2.26. The number of amides is 1. The highest BCUT2D eigenvalue weighted by molar-refractivity contribution is 5.76. The van der Waals surface area contributed by atoms with Gasteiger partial charge in [0.25, 0.3) is 0 Å². The Labute approximate surface area is 370 Å². The van der Waals surface area contributed by atoms with Crippen LogP contribution in [-0.2, 0) is 9.53 Å². The topological polar surface area (TPSA) is 160 Å². The van der Waals surface area contributed by atoms with Crippen LogP contribution in [0.5, 0.6) is 0 Å². The molecule has 9 heteroatoms. The highest BCUT2D eigenvalue weighted by Crippen LogP contribution is 2.28. The van der Waals surface area contributed by atoms with Gasteiger partial charge in [-0.05, 0) is 19.3 Å². The minimum Gasteiger partial charge on any atom is -0.396 e. The van der Waals surface area contributed by atoms with Crippen LogP contribution in [0.25, 0.3) is 0 Å². The lowest BCUT2D eigenvalue weighted by Crippen LogP contribution is -2.57. The number of ether oxygens (including phenoxy) is 1. The van der Waals surface area contributed by atoms with Gasteiger partial charge in [0, 0.05) is 18.9 Å². The van der Waals surface area contributed by atoms with Crippen molar-refractivity contribution in [2.45, 2.75) is 301 Å². The maximum atomic E-state index is 13.1. The molecule has 0 aromatic carbocycles. The summed E-state index contributed by atoms with van der Waals surface area (Å²) >= 11 is 0. The van der Waals surface area contributed by atoms with Gasteiger partial charge < -0.3 is 40.7 Å². The standard InChI is InChI=1S/C51H101NO8/c1-3-5-7-9-11-13-15-17-18-19-20-21-22-23-24-25-26-27-29-31-33-35-37-39-47(55)52-44(42-60-46-40-43(41-53)48(56)51(59)50(46)58)49(57)45(54)38-36-34-32-30-28-16-14-12-10-8-6-4-2/h43-46,48-51,53-54,56-59H,3-42H2,1-2H3,(H,52,55)/t43?,44-,45+,46+,48-,49-,50-,51?/m0/s1. The van der Waals surface area contributed by atoms with Crippen molar-refractivity contribution in [1.29, 1.82) is 0 Å². The van der Waals surface area contributed by atoms with Crippen molar-refractivity contribution < 1.29 is 40.2 Å². The zero-order valence-corrected chi connectivity index (χ0v) is 39.4. The smallest absolute Gasteiger partial charge is 0.220 e. The number of hydrogen-bond acceptors (Lipinski definition) is 8. The Kier molecular flexibility index (Phi) is 39.0. The lowest BCUT2D eigenvalue weighted by molar-refractivity contribution is -0.182. The molecule has 7 N–H and O–H groups in total. The molecule has 8 atom stereocenters. The number of carbonyl (C=O) groups excluding carboxylic acids is 1.